The lowest BCUT2D eigenvalue weighted by Crippen LogP contribution is -2.47. The lowest BCUT2D eigenvalue weighted by molar-refractivity contribution is -0.120. The second-order valence-corrected chi connectivity index (χ2v) is 7.63. The largest absolute Gasteiger partial charge is 0.354 e. The highest BCUT2D eigenvalue weighted by atomic mass is 16.2. The first-order valence-electron chi connectivity index (χ1n) is 10.2. The van der Waals surface area contributed by atoms with Crippen molar-refractivity contribution in [3.05, 3.63) is 59.9 Å². The fourth-order valence-electron chi connectivity index (χ4n) is 3.67. The van der Waals surface area contributed by atoms with E-state index in [-0.39, 0.29) is 11.8 Å². The molecule has 0 saturated carbocycles. The number of rotatable bonds is 6. The zero-order chi connectivity index (χ0) is 20.9. The maximum atomic E-state index is 12.5. The van der Waals surface area contributed by atoms with Crippen molar-refractivity contribution in [1.82, 2.24) is 30.1 Å². The summed E-state index contributed by atoms with van der Waals surface area (Å²) < 4.78 is 1.60. The average Bonchev–Trinajstić information content (AvgIpc) is 3.23. The van der Waals surface area contributed by atoms with Crippen LogP contribution in [-0.4, -0.2) is 76.4 Å². The smallest absolute Gasteiger partial charge is 0.276 e. The van der Waals surface area contributed by atoms with Gasteiger partial charge >= 0.3 is 0 Å². The Balaban J connectivity index is 1.27. The standard InChI is InChI=1S/C22H26N6O2/c1-26-11-13-27(14-12-26)22(30)20-16-28(25-24-20)10-9-23-21(29)15-18-7-4-6-17-5-2-3-8-19(17)18/h2-8,16H,9-15H2,1H3,(H,23,29). The zero-order valence-electron chi connectivity index (χ0n) is 17.1. The summed E-state index contributed by atoms with van der Waals surface area (Å²) in [7, 11) is 2.05. The van der Waals surface area contributed by atoms with Crippen molar-refractivity contribution in [3.63, 3.8) is 0 Å². The number of piperazine rings is 1. The van der Waals surface area contributed by atoms with Crippen molar-refractivity contribution in [2.24, 2.45) is 0 Å². The second kappa shape index (κ2) is 9.04. The molecular weight excluding hydrogens is 380 g/mol. The van der Waals surface area contributed by atoms with Crippen LogP contribution in [-0.2, 0) is 17.8 Å². The minimum atomic E-state index is -0.0886. The van der Waals surface area contributed by atoms with Gasteiger partial charge in [0.2, 0.25) is 5.91 Å². The van der Waals surface area contributed by atoms with Crippen LogP contribution in [0.4, 0.5) is 0 Å². The van der Waals surface area contributed by atoms with Crippen LogP contribution in [0.2, 0.25) is 0 Å². The minimum absolute atomic E-state index is 0.0415. The van der Waals surface area contributed by atoms with Crippen LogP contribution in [0.3, 0.4) is 0 Å². The minimum Gasteiger partial charge on any atom is -0.354 e. The molecule has 0 aliphatic carbocycles. The molecule has 2 heterocycles. The van der Waals surface area contributed by atoms with Gasteiger partial charge in [0.15, 0.2) is 5.69 Å². The second-order valence-electron chi connectivity index (χ2n) is 7.63. The summed E-state index contributed by atoms with van der Waals surface area (Å²) in [4.78, 5) is 28.9. The topological polar surface area (TPSA) is 83.4 Å². The first-order chi connectivity index (χ1) is 14.6. The van der Waals surface area contributed by atoms with E-state index in [1.165, 1.54) is 0 Å². The van der Waals surface area contributed by atoms with Gasteiger partial charge in [-0.15, -0.1) is 5.10 Å². The number of likely N-dealkylation sites (N-methyl/N-ethyl adjacent to an activating group) is 1. The molecule has 3 aromatic rings. The lowest BCUT2D eigenvalue weighted by Gasteiger charge is -2.31. The van der Waals surface area contributed by atoms with Gasteiger partial charge in [0, 0.05) is 32.7 Å². The van der Waals surface area contributed by atoms with E-state index in [1.807, 2.05) is 49.5 Å². The zero-order valence-corrected chi connectivity index (χ0v) is 17.1. The molecule has 0 spiro atoms. The summed E-state index contributed by atoms with van der Waals surface area (Å²) in [6.45, 7) is 4.02. The third-order valence-electron chi connectivity index (χ3n) is 5.44. The van der Waals surface area contributed by atoms with Crippen LogP contribution in [0.25, 0.3) is 10.8 Å². The number of benzene rings is 2. The van der Waals surface area contributed by atoms with Crippen LogP contribution in [0, 0.1) is 0 Å². The summed E-state index contributed by atoms with van der Waals surface area (Å²) >= 11 is 0. The van der Waals surface area contributed by atoms with Crippen molar-refractivity contribution in [1.29, 1.82) is 0 Å². The molecule has 2 aromatic carbocycles. The molecule has 0 unspecified atom stereocenters. The molecule has 8 nitrogen and oxygen atoms in total. The van der Waals surface area contributed by atoms with Crippen molar-refractivity contribution in [2.45, 2.75) is 13.0 Å². The summed E-state index contributed by atoms with van der Waals surface area (Å²) in [6.07, 6.45) is 1.98. The van der Waals surface area contributed by atoms with Gasteiger partial charge in [-0.2, -0.15) is 0 Å². The van der Waals surface area contributed by atoms with Crippen molar-refractivity contribution >= 4 is 22.6 Å². The van der Waals surface area contributed by atoms with Crippen LogP contribution < -0.4 is 5.32 Å². The molecule has 1 N–H and O–H groups in total. The average molecular weight is 406 g/mol. The number of nitrogens with one attached hydrogen (secondary N) is 1. The van der Waals surface area contributed by atoms with Crippen molar-refractivity contribution < 1.29 is 9.59 Å². The normalized spacial score (nSPS) is 14.8. The van der Waals surface area contributed by atoms with E-state index < -0.39 is 0 Å². The Morgan fingerprint density at radius 3 is 2.63 bits per heavy atom. The monoisotopic (exact) mass is 406 g/mol. The van der Waals surface area contributed by atoms with E-state index in [0.717, 1.165) is 29.4 Å². The molecule has 0 bridgehead atoms. The Morgan fingerprint density at radius 2 is 1.80 bits per heavy atom. The number of aromatic nitrogens is 3. The number of carbonyl (C=O) groups excluding carboxylic acids is 2. The molecule has 1 aromatic heterocycles. The number of amides is 2. The maximum Gasteiger partial charge on any atom is 0.276 e. The van der Waals surface area contributed by atoms with E-state index in [4.69, 9.17) is 0 Å². The molecule has 1 aliphatic rings. The summed E-state index contributed by atoms with van der Waals surface area (Å²) in [5.74, 6) is -0.130. The molecule has 8 heteroatoms. The molecule has 156 valence electrons. The summed E-state index contributed by atoms with van der Waals surface area (Å²) in [6, 6.07) is 14.1. The number of fused-ring (bicyclic) bond motifs is 1. The molecule has 0 atom stereocenters. The molecule has 0 radical (unpaired) electrons. The van der Waals surface area contributed by atoms with E-state index >= 15 is 0 Å². The SMILES string of the molecule is CN1CCN(C(=O)c2cn(CCNC(=O)Cc3cccc4ccccc34)nn2)CC1. The van der Waals surface area contributed by atoms with E-state index in [9.17, 15) is 9.59 Å². The Hall–Kier alpha value is -3.26. The molecular formula is C22H26N6O2. The fraction of sp³-hybridized carbons (Fsp3) is 0.364. The Morgan fingerprint density at radius 1 is 1.03 bits per heavy atom. The predicted molar refractivity (Wildman–Crippen MR) is 114 cm³/mol. The third kappa shape index (κ3) is 4.65. The molecule has 2 amide bonds. The van der Waals surface area contributed by atoms with Gasteiger partial charge in [-0.3, -0.25) is 9.59 Å². The Kier molecular flexibility index (Phi) is 6.04. The highest BCUT2D eigenvalue weighted by Crippen LogP contribution is 2.18. The molecule has 1 saturated heterocycles. The molecule has 1 fully saturated rings. The molecule has 4 rings (SSSR count). The van der Waals surface area contributed by atoms with Crippen LogP contribution in [0.5, 0.6) is 0 Å². The highest BCUT2D eigenvalue weighted by molar-refractivity contribution is 5.92. The van der Waals surface area contributed by atoms with Gasteiger partial charge < -0.3 is 15.1 Å². The Labute approximate surface area is 175 Å². The molecule has 1 aliphatic heterocycles. The van der Waals surface area contributed by atoms with Crippen LogP contribution in [0.1, 0.15) is 16.1 Å². The number of carbonyl (C=O) groups is 2. The van der Waals surface area contributed by atoms with E-state index in [2.05, 4.69) is 20.5 Å². The van der Waals surface area contributed by atoms with E-state index in [0.29, 0.717) is 38.3 Å². The fourth-order valence-corrected chi connectivity index (χ4v) is 3.67. The lowest BCUT2D eigenvalue weighted by atomic mass is 10.0. The maximum absolute atomic E-state index is 12.5. The van der Waals surface area contributed by atoms with Gasteiger partial charge in [0.05, 0.1) is 19.2 Å². The number of hydrogen-bond donors (Lipinski definition) is 1. The summed E-state index contributed by atoms with van der Waals surface area (Å²) in [5, 5.41) is 13.2. The van der Waals surface area contributed by atoms with Crippen molar-refractivity contribution in [2.75, 3.05) is 39.8 Å². The van der Waals surface area contributed by atoms with Gasteiger partial charge in [-0.05, 0) is 23.4 Å². The predicted octanol–water partition coefficient (Wildman–Crippen LogP) is 1.18. The molecule has 30 heavy (non-hydrogen) atoms. The quantitative estimate of drug-likeness (QED) is 0.665. The number of hydrogen-bond acceptors (Lipinski definition) is 5. The third-order valence-corrected chi connectivity index (χ3v) is 5.44. The first kappa shape index (κ1) is 20.0. The van der Waals surface area contributed by atoms with Gasteiger partial charge in [-0.1, -0.05) is 47.7 Å². The Bertz CT molecular complexity index is 1030. The number of nitrogens with zero attached hydrogens (tertiary/aromatic N) is 5. The van der Waals surface area contributed by atoms with Gasteiger partial charge in [0.25, 0.3) is 5.91 Å². The van der Waals surface area contributed by atoms with Crippen LogP contribution >= 0.6 is 0 Å². The van der Waals surface area contributed by atoms with Gasteiger partial charge in [-0.25, -0.2) is 4.68 Å². The van der Waals surface area contributed by atoms with Gasteiger partial charge in [0.1, 0.15) is 0 Å². The first-order valence-corrected chi connectivity index (χ1v) is 10.2. The van der Waals surface area contributed by atoms with E-state index in [1.54, 1.807) is 15.8 Å². The van der Waals surface area contributed by atoms with Crippen LogP contribution in [0.15, 0.2) is 48.7 Å². The summed E-state index contributed by atoms with van der Waals surface area (Å²) in [5.41, 5.74) is 1.35. The van der Waals surface area contributed by atoms with Crippen molar-refractivity contribution in [3.8, 4) is 0 Å². The highest BCUT2D eigenvalue weighted by Gasteiger charge is 2.22.